The summed E-state index contributed by atoms with van der Waals surface area (Å²) in [6.45, 7) is 5.56. The zero-order valence-corrected chi connectivity index (χ0v) is 13.1. The van der Waals surface area contributed by atoms with Crippen molar-refractivity contribution >= 4 is 6.09 Å². The van der Waals surface area contributed by atoms with E-state index in [4.69, 9.17) is 4.74 Å². The third-order valence-corrected chi connectivity index (χ3v) is 3.49. The first-order valence-electron chi connectivity index (χ1n) is 7.40. The van der Waals surface area contributed by atoms with Crippen molar-refractivity contribution in [3.63, 3.8) is 0 Å². The Hall–Kier alpha value is -1.69. The molecule has 2 rings (SSSR count). The molecule has 0 saturated heterocycles. The predicted molar refractivity (Wildman–Crippen MR) is 79.4 cm³/mol. The molecule has 1 amide bonds. The molecule has 1 aromatic rings. The Morgan fingerprint density at radius 2 is 1.82 bits per heavy atom. The number of hydrogen-bond acceptors (Lipinski definition) is 3. The van der Waals surface area contributed by atoms with Crippen molar-refractivity contribution in [1.29, 1.82) is 0 Å². The zero-order valence-electron chi connectivity index (χ0n) is 13.1. The smallest absolute Gasteiger partial charge is 0.407 e. The number of hydrogen-bond donors (Lipinski definition) is 2. The molecule has 1 saturated carbocycles. The van der Waals surface area contributed by atoms with E-state index in [0.29, 0.717) is 0 Å². The van der Waals surface area contributed by atoms with Crippen molar-refractivity contribution in [1.82, 2.24) is 10.6 Å². The third-order valence-electron chi connectivity index (χ3n) is 3.49. The summed E-state index contributed by atoms with van der Waals surface area (Å²) in [4.78, 5) is 11.6. The Morgan fingerprint density at radius 3 is 2.36 bits per heavy atom. The number of rotatable bonds is 4. The van der Waals surface area contributed by atoms with E-state index < -0.39 is 23.3 Å². The lowest BCUT2D eigenvalue weighted by atomic mass is 9.86. The van der Waals surface area contributed by atoms with Gasteiger partial charge in [0, 0.05) is 24.2 Å². The van der Waals surface area contributed by atoms with E-state index in [0.717, 1.165) is 12.8 Å². The summed E-state index contributed by atoms with van der Waals surface area (Å²) < 4.78 is 32.1. The Kier molecular flexibility index (Phi) is 5.01. The van der Waals surface area contributed by atoms with E-state index in [9.17, 15) is 13.6 Å². The lowest BCUT2D eigenvalue weighted by Crippen LogP contribution is -2.53. The topological polar surface area (TPSA) is 50.4 Å². The lowest BCUT2D eigenvalue weighted by molar-refractivity contribution is 0.0465. The number of amides is 1. The third kappa shape index (κ3) is 4.66. The highest BCUT2D eigenvalue weighted by atomic mass is 19.1. The fourth-order valence-corrected chi connectivity index (χ4v) is 2.32. The maximum absolute atomic E-state index is 13.5. The van der Waals surface area contributed by atoms with Crippen LogP contribution < -0.4 is 10.6 Å². The molecule has 0 radical (unpaired) electrons. The quantitative estimate of drug-likeness (QED) is 0.898. The van der Waals surface area contributed by atoms with Gasteiger partial charge in [-0.2, -0.15) is 0 Å². The number of carbonyl (C=O) groups excluding carboxylic acids is 1. The van der Waals surface area contributed by atoms with E-state index in [1.54, 1.807) is 20.8 Å². The van der Waals surface area contributed by atoms with Crippen molar-refractivity contribution in [2.75, 3.05) is 0 Å². The van der Waals surface area contributed by atoms with Crippen LogP contribution in [0.4, 0.5) is 13.6 Å². The summed E-state index contributed by atoms with van der Waals surface area (Å²) in [5.74, 6) is -1.09. The van der Waals surface area contributed by atoms with Gasteiger partial charge in [-0.05, 0) is 45.7 Å². The molecule has 22 heavy (non-hydrogen) atoms. The molecule has 0 heterocycles. The minimum absolute atomic E-state index is 0.0396. The molecular formula is C16H22F2N2O2. The summed E-state index contributed by atoms with van der Waals surface area (Å²) >= 11 is 0. The molecule has 1 aliphatic rings. The van der Waals surface area contributed by atoms with Gasteiger partial charge in [-0.15, -0.1) is 0 Å². The maximum Gasteiger partial charge on any atom is 0.407 e. The molecule has 6 heteroatoms. The highest BCUT2D eigenvalue weighted by molar-refractivity contribution is 5.68. The first-order chi connectivity index (χ1) is 10.2. The van der Waals surface area contributed by atoms with E-state index in [-0.39, 0.29) is 24.2 Å². The van der Waals surface area contributed by atoms with Crippen LogP contribution in [0.3, 0.4) is 0 Å². The standard InChI is InChI=1S/C16H22F2N2O2/c1-16(2,3)22-15(21)20-11-7-10(8-11)19-9-12-13(17)5-4-6-14(12)18/h4-6,10-11,19H,7-9H2,1-3H3,(H,20,21). The van der Waals surface area contributed by atoms with Gasteiger partial charge in [0.1, 0.15) is 17.2 Å². The van der Waals surface area contributed by atoms with Crippen LogP contribution in [0.1, 0.15) is 39.2 Å². The molecule has 2 N–H and O–H groups in total. The molecule has 0 aliphatic heterocycles. The van der Waals surface area contributed by atoms with E-state index >= 15 is 0 Å². The van der Waals surface area contributed by atoms with Crippen molar-refractivity contribution in [2.45, 2.75) is 57.8 Å². The van der Waals surface area contributed by atoms with Gasteiger partial charge in [-0.25, -0.2) is 13.6 Å². The van der Waals surface area contributed by atoms with E-state index in [1.807, 2.05) is 0 Å². The highest BCUT2D eigenvalue weighted by Gasteiger charge is 2.31. The Bertz CT molecular complexity index is 517. The van der Waals surface area contributed by atoms with Crippen LogP contribution in [0, 0.1) is 11.6 Å². The summed E-state index contributed by atoms with van der Waals surface area (Å²) in [6.07, 6.45) is 1.00. The first kappa shape index (κ1) is 16.7. The van der Waals surface area contributed by atoms with E-state index in [1.165, 1.54) is 18.2 Å². The maximum atomic E-state index is 13.5. The summed E-state index contributed by atoms with van der Waals surface area (Å²) in [6, 6.07) is 4.01. The van der Waals surface area contributed by atoms with Gasteiger partial charge < -0.3 is 15.4 Å². The summed E-state index contributed by atoms with van der Waals surface area (Å²) in [5, 5.41) is 5.87. The number of benzene rings is 1. The number of carbonyl (C=O) groups is 1. The molecule has 0 aromatic heterocycles. The van der Waals surface area contributed by atoms with Crippen LogP contribution in [0.15, 0.2) is 18.2 Å². The molecule has 1 aromatic carbocycles. The summed E-state index contributed by atoms with van der Waals surface area (Å²) in [7, 11) is 0. The molecule has 4 nitrogen and oxygen atoms in total. The molecule has 1 aliphatic carbocycles. The average Bonchev–Trinajstić information content (AvgIpc) is 2.32. The molecule has 0 atom stereocenters. The van der Waals surface area contributed by atoms with Crippen molar-refractivity contribution in [3.05, 3.63) is 35.4 Å². The second-order valence-electron chi connectivity index (χ2n) is 6.59. The Morgan fingerprint density at radius 1 is 1.23 bits per heavy atom. The largest absolute Gasteiger partial charge is 0.444 e. The molecule has 0 spiro atoms. The zero-order chi connectivity index (χ0) is 16.3. The van der Waals surface area contributed by atoms with Crippen molar-refractivity contribution < 1.29 is 18.3 Å². The SMILES string of the molecule is CC(C)(C)OC(=O)NC1CC(NCc2c(F)cccc2F)C1. The van der Waals surface area contributed by atoms with Crippen LogP contribution in [0.2, 0.25) is 0 Å². The van der Waals surface area contributed by atoms with Crippen molar-refractivity contribution in [2.24, 2.45) is 0 Å². The molecule has 0 unspecified atom stereocenters. The predicted octanol–water partition coefficient (Wildman–Crippen LogP) is 3.11. The second kappa shape index (κ2) is 6.60. The minimum atomic E-state index is -0.546. The van der Waals surface area contributed by atoms with Crippen LogP contribution in [0.25, 0.3) is 0 Å². The van der Waals surface area contributed by atoms with Crippen LogP contribution in [-0.2, 0) is 11.3 Å². The Labute approximate surface area is 129 Å². The molecule has 0 bridgehead atoms. The molecule has 1 fully saturated rings. The first-order valence-corrected chi connectivity index (χ1v) is 7.40. The van der Waals surface area contributed by atoms with Crippen LogP contribution in [-0.4, -0.2) is 23.8 Å². The molecular weight excluding hydrogens is 290 g/mol. The van der Waals surface area contributed by atoms with Gasteiger partial charge >= 0.3 is 6.09 Å². The fourth-order valence-electron chi connectivity index (χ4n) is 2.32. The van der Waals surface area contributed by atoms with Gasteiger partial charge in [0.25, 0.3) is 0 Å². The highest BCUT2D eigenvalue weighted by Crippen LogP contribution is 2.22. The van der Waals surface area contributed by atoms with Crippen LogP contribution >= 0.6 is 0 Å². The van der Waals surface area contributed by atoms with Gasteiger partial charge in [0.15, 0.2) is 0 Å². The number of ether oxygens (including phenoxy) is 1. The lowest BCUT2D eigenvalue weighted by Gasteiger charge is -2.36. The number of nitrogens with one attached hydrogen (secondary N) is 2. The van der Waals surface area contributed by atoms with Gasteiger partial charge in [-0.3, -0.25) is 0 Å². The normalized spacial score (nSPS) is 21.1. The fraction of sp³-hybridized carbons (Fsp3) is 0.562. The van der Waals surface area contributed by atoms with E-state index in [2.05, 4.69) is 10.6 Å². The second-order valence-corrected chi connectivity index (χ2v) is 6.59. The minimum Gasteiger partial charge on any atom is -0.444 e. The number of alkyl carbamates (subject to hydrolysis) is 1. The van der Waals surface area contributed by atoms with Gasteiger partial charge in [0.2, 0.25) is 0 Å². The van der Waals surface area contributed by atoms with Gasteiger partial charge in [0.05, 0.1) is 0 Å². The summed E-state index contributed by atoms with van der Waals surface area (Å²) in [5.41, 5.74) is -0.473. The molecule has 122 valence electrons. The average molecular weight is 312 g/mol. The monoisotopic (exact) mass is 312 g/mol. The Balaban J connectivity index is 1.71. The number of halogens is 2. The van der Waals surface area contributed by atoms with Crippen molar-refractivity contribution in [3.8, 4) is 0 Å². The van der Waals surface area contributed by atoms with Crippen LogP contribution in [0.5, 0.6) is 0 Å². The van der Waals surface area contributed by atoms with Gasteiger partial charge in [-0.1, -0.05) is 6.07 Å².